The van der Waals surface area contributed by atoms with Gasteiger partial charge in [-0.3, -0.25) is 0 Å². The molecule has 0 aromatic heterocycles. The summed E-state index contributed by atoms with van der Waals surface area (Å²) in [4.78, 5) is 0. The van der Waals surface area contributed by atoms with Crippen molar-refractivity contribution >= 4 is 0 Å². The fraction of sp³-hybridized carbons (Fsp3) is 0.684. The zero-order valence-electron chi connectivity index (χ0n) is 14.2. The van der Waals surface area contributed by atoms with E-state index in [0.29, 0.717) is 6.04 Å². The summed E-state index contributed by atoms with van der Waals surface area (Å²) in [6.45, 7) is 7.67. The maximum absolute atomic E-state index is 6.12. The summed E-state index contributed by atoms with van der Waals surface area (Å²) in [6, 6.07) is 7.13. The van der Waals surface area contributed by atoms with Crippen molar-refractivity contribution in [1.82, 2.24) is 5.32 Å². The molecule has 1 aliphatic carbocycles. The van der Waals surface area contributed by atoms with Gasteiger partial charge in [-0.1, -0.05) is 49.9 Å². The lowest BCUT2D eigenvalue weighted by Gasteiger charge is -2.43. The van der Waals surface area contributed by atoms with E-state index < -0.39 is 0 Å². The molecule has 2 nitrogen and oxygen atoms in total. The van der Waals surface area contributed by atoms with Crippen LogP contribution in [0.1, 0.15) is 68.2 Å². The lowest BCUT2D eigenvalue weighted by atomic mass is 9.75. The minimum atomic E-state index is -0.0343. The highest BCUT2D eigenvalue weighted by Gasteiger charge is 2.41. The first-order chi connectivity index (χ1) is 10.1. The van der Waals surface area contributed by atoms with Crippen LogP contribution in [-0.4, -0.2) is 19.3 Å². The highest BCUT2D eigenvalue weighted by Crippen LogP contribution is 2.42. The molecule has 0 bridgehead atoms. The Kier molecular flexibility index (Phi) is 5.83. The van der Waals surface area contributed by atoms with Gasteiger partial charge in [-0.25, -0.2) is 0 Å². The van der Waals surface area contributed by atoms with Crippen molar-refractivity contribution in [3.63, 3.8) is 0 Å². The Morgan fingerprint density at radius 1 is 1.19 bits per heavy atom. The Morgan fingerprint density at radius 3 is 2.48 bits per heavy atom. The van der Waals surface area contributed by atoms with E-state index in [1.807, 2.05) is 7.11 Å². The van der Waals surface area contributed by atoms with Crippen molar-refractivity contribution in [2.45, 2.75) is 70.9 Å². The molecule has 0 saturated heterocycles. The standard InChI is InChI=1S/C19H31NO/c1-5-13-20-18(17-10-9-15(2)14-16(17)3)19(21-4)11-7-6-8-12-19/h9-10,14,18,20H,5-8,11-13H2,1-4H3. The van der Waals surface area contributed by atoms with Gasteiger partial charge >= 0.3 is 0 Å². The van der Waals surface area contributed by atoms with Crippen LogP contribution in [0.4, 0.5) is 0 Å². The Hall–Kier alpha value is -0.860. The van der Waals surface area contributed by atoms with Gasteiger partial charge in [-0.2, -0.15) is 0 Å². The van der Waals surface area contributed by atoms with E-state index in [9.17, 15) is 0 Å². The molecule has 1 N–H and O–H groups in total. The summed E-state index contributed by atoms with van der Waals surface area (Å²) in [5.41, 5.74) is 4.09. The molecule has 0 amide bonds. The van der Waals surface area contributed by atoms with Gasteiger partial charge in [0.05, 0.1) is 11.6 Å². The second kappa shape index (κ2) is 7.42. The summed E-state index contributed by atoms with van der Waals surface area (Å²) >= 11 is 0. The van der Waals surface area contributed by atoms with Crippen LogP contribution < -0.4 is 5.32 Å². The first-order valence-corrected chi connectivity index (χ1v) is 8.48. The molecule has 1 atom stereocenters. The summed E-state index contributed by atoms with van der Waals surface area (Å²) < 4.78 is 6.12. The van der Waals surface area contributed by atoms with Gasteiger partial charge in [-0.05, 0) is 50.8 Å². The van der Waals surface area contributed by atoms with Gasteiger partial charge in [-0.15, -0.1) is 0 Å². The highest BCUT2D eigenvalue weighted by molar-refractivity contribution is 5.34. The first kappa shape index (κ1) is 16.5. The van der Waals surface area contributed by atoms with E-state index in [-0.39, 0.29) is 5.60 Å². The Labute approximate surface area is 130 Å². The molecular formula is C19H31NO. The molecule has 1 aromatic carbocycles. The normalized spacial score (nSPS) is 19.4. The fourth-order valence-electron chi connectivity index (χ4n) is 3.78. The molecule has 0 heterocycles. The average molecular weight is 289 g/mol. The predicted molar refractivity (Wildman–Crippen MR) is 89.8 cm³/mol. The van der Waals surface area contributed by atoms with Crippen molar-refractivity contribution in [2.75, 3.05) is 13.7 Å². The largest absolute Gasteiger partial charge is 0.376 e. The number of rotatable bonds is 6. The molecule has 0 aliphatic heterocycles. The van der Waals surface area contributed by atoms with E-state index >= 15 is 0 Å². The van der Waals surface area contributed by atoms with Crippen LogP contribution in [0.15, 0.2) is 18.2 Å². The van der Waals surface area contributed by atoms with Gasteiger partial charge < -0.3 is 10.1 Å². The van der Waals surface area contributed by atoms with Crippen molar-refractivity contribution in [1.29, 1.82) is 0 Å². The minimum Gasteiger partial charge on any atom is -0.376 e. The molecule has 0 radical (unpaired) electrons. The Balaban J connectivity index is 2.36. The zero-order chi connectivity index (χ0) is 15.3. The zero-order valence-corrected chi connectivity index (χ0v) is 14.2. The van der Waals surface area contributed by atoms with Crippen LogP contribution in [-0.2, 0) is 4.74 Å². The van der Waals surface area contributed by atoms with E-state index in [4.69, 9.17) is 4.74 Å². The van der Waals surface area contributed by atoms with Crippen molar-refractivity contribution in [2.24, 2.45) is 0 Å². The van der Waals surface area contributed by atoms with Crippen LogP contribution in [0.25, 0.3) is 0 Å². The molecule has 21 heavy (non-hydrogen) atoms. The summed E-state index contributed by atoms with van der Waals surface area (Å²) in [7, 11) is 1.90. The van der Waals surface area contributed by atoms with Crippen LogP contribution >= 0.6 is 0 Å². The second-order valence-electron chi connectivity index (χ2n) is 6.58. The van der Waals surface area contributed by atoms with Gasteiger partial charge in [0.15, 0.2) is 0 Å². The minimum absolute atomic E-state index is 0.0343. The maximum atomic E-state index is 6.12. The van der Waals surface area contributed by atoms with Gasteiger partial charge in [0.25, 0.3) is 0 Å². The lowest BCUT2D eigenvalue weighted by Crippen LogP contribution is -2.47. The first-order valence-electron chi connectivity index (χ1n) is 8.48. The topological polar surface area (TPSA) is 21.3 Å². The molecule has 2 heteroatoms. The third-order valence-electron chi connectivity index (χ3n) is 4.97. The fourth-order valence-corrected chi connectivity index (χ4v) is 3.78. The smallest absolute Gasteiger partial charge is 0.0872 e. The Bertz CT molecular complexity index is 449. The number of aryl methyl sites for hydroxylation is 2. The molecule has 118 valence electrons. The molecule has 1 aliphatic rings. The SMILES string of the molecule is CCCNC(c1ccc(C)cc1C)C1(OC)CCCCC1. The third kappa shape index (κ3) is 3.67. The molecule has 1 unspecified atom stereocenters. The van der Waals surface area contributed by atoms with E-state index in [2.05, 4.69) is 44.3 Å². The van der Waals surface area contributed by atoms with Crippen molar-refractivity contribution in [3.8, 4) is 0 Å². The highest BCUT2D eigenvalue weighted by atomic mass is 16.5. The molecule has 1 fully saturated rings. The van der Waals surface area contributed by atoms with Gasteiger partial charge in [0.1, 0.15) is 0 Å². The van der Waals surface area contributed by atoms with Crippen molar-refractivity contribution in [3.05, 3.63) is 34.9 Å². The molecule has 1 saturated carbocycles. The van der Waals surface area contributed by atoms with Crippen LogP contribution in [0.5, 0.6) is 0 Å². The third-order valence-corrected chi connectivity index (χ3v) is 4.97. The monoisotopic (exact) mass is 289 g/mol. The summed E-state index contributed by atoms with van der Waals surface area (Å²) in [6.07, 6.45) is 7.39. The lowest BCUT2D eigenvalue weighted by molar-refractivity contribution is -0.0688. The quantitative estimate of drug-likeness (QED) is 0.820. The second-order valence-corrected chi connectivity index (χ2v) is 6.58. The van der Waals surface area contributed by atoms with Gasteiger partial charge in [0.2, 0.25) is 0 Å². The van der Waals surface area contributed by atoms with Crippen LogP contribution in [0.2, 0.25) is 0 Å². The molecule has 1 aromatic rings. The van der Waals surface area contributed by atoms with E-state index in [1.54, 1.807) is 0 Å². The molecular weight excluding hydrogens is 258 g/mol. The Morgan fingerprint density at radius 2 is 1.90 bits per heavy atom. The summed E-state index contributed by atoms with van der Waals surface area (Å²) in [5, 5.41) is 3.78. The number of hydrogen-bond acceptors (Lipinski definition) is 2. The van der Waals surface area contributed by atoms with E-state index in [1.165, 1.54) is 36.0 Å². The average Bonchev–Trinajstić information content (AvgIpc) is 2.50. The maximum Gasteiger partial charge on any atom is 0.0872 e. The molecule has 0 spiro atoms. The van der Waals surface area contributed by atoms with Crippen LogP contribution in [0.3, 0.4) is 0 Å². The number of hydrogen-bond donors (Lipinski definition) is 1. The number of methoxy groups -OCH3 is 1. The number of ether oxygens (including phenoxy) is 1. The van der Waals surface area contributed by atoms with E-state index in [0.717, 1.165) is 25.8 Å². The summed E-state index contributed by atoms with van der Waals surface area (Å²) in [5.74, 6) is 0. The number of nitrogens with one attached hydrogen (secondary N) is 1. The predicted octanol–water partition coefficient (Wildman–Crippen LogP) is 4.69. The van der Waals surface area contributed by atoms with Crippen LogP contribution in [0, 0.1) is 13.8 Å². The van der Waals surface area contributed by atoms with Crippen molar-refractivity contribution < 1.29 is 4.74 Å². The number of benzene rings is 1. The molecule has 2 rings (SSSR count). The van der Waals surface area contributed by atoms with Gasteiger partial charge in [0, 0.05) is 7.11 Å².